The number of pyridine rings is 1. The van der Waals surface area contributed by atoms with Crippen LogP contribution in [0.15, 0.2) is 41.5 Å². The molecule has 0 saturated carbocycles. The summed E-state index contributed by atoms with van der Waals surface area (Å²) < 4.78 is 51.9. The standard InChI is InChI=1S/C47H71N3O13/c1-14-34-47(10,55)39(52)26(4)36(51)24(2)22-46(9,57-13)41(27(5)37(28(6)42(54)60-34)61-35-23-45(8,56-12)40(53)29(7)59-35)63-43-38-33(21-25(3)58-43)50(11)44(62-38)49-32-19-20-48-31-18-16-15-17-30(31)32/h15-20,24-29,33-35,37-41,43,52-53,55H,14,21-23H2,1-13H3/t24-,25-,26+,27+,28-,29+,33+,34-,35+,37+,38-,39-,40+,41-,43+,45-,46-,47-/m1/s1. The molecule has 0 spiro atoms. The van der Waals surface area contributed by atoms with Gasteiger partial charge in [-0.15, -0.1) is 0 Å². The summed E-state index contributed by atoms with van der Waals surface area (Å²) >= 11 is 0. The highest BCUT2D eigenvalue weighted by Crippen LogP contribution is 2.43. The Morgan fingerprint density at radius 1 is 0.889 bits per heavy atom. The van der Waals surface area contributed by atoms with E-state index in [1.54, 1.807) is 54.8 Å². The van der Waals surface area contributed by atoms with E-state index in [9.17, 15) is 24.9 Å². The Balaban J connectivity index is 1.43. The molecule has 4 aliphatic rings. The quantitative estimate of drug-likeness (QED) is 0.297. The van der Waals surface area contributed by atoms with Crippen LogP contribution in [0, 0.1) is 23.7 Å². The Bertz CT molecular complexity index is 1950. The number of aliphatic hydroxyl groups is 3. The van der Waals surface area contributed by atoms with Crippen molar-refractivity contribution in [2.24, 2.45) is 28.7 Å². The van der Waals surface area contributed by atoms with Crippen molar-refractivity contribution in [2.45, 2.75) is 179 Å². The van der Waals surface area contributed by atoms with Crippen molar-refractivity contribution in [3.05, 3.63) is 36.5 Å². The Morgan fingerprint density at radius 2 is 1.57 bits per heavy atom. The van der Waals surface area contributed by atoms with E-state index in [-0.39, 0.29) is 37.2 Å². The number of aromatic nitrogens is 1. The van der Waals surface area contributed by atoms with Crippen LogP contribution in [0.1, 0.15) is 94.9 Å². The van der Waals surface area contributed by atoms with E-state index in [0.29, 0.717) is 18.1 Å². The average Bonchev–Trinajstić information content (AvgIpc) is 3.57. The highest BCUT2D eigenvalue weighted by atomic mass is 16.7. The number of likely N-dealkylation sites (N-methyl/N-ethyl adjacent to an activating group) is 1. The third kappa shape index (κ3) is 9.66. The number of hydrogen-bond acceptors (Lipinski definition) is 15. The third-order valence-electron chi connectivity index (χ3n) is 14.5. The Labute approximate surface area is 371 Å². The molecule has 16 heteroatoms. The number of carbonyl (C=O) groups excluding carboxylic acids is 2. The molecule has 63 heavy (non-hydrogen) atoms. The molecular weight excluding hydrogens is 815 g/mol. The fraction of sp³-hybridized carbons (Fsp3) is 0.745. The number of Topliss-reactive ketones (excluding diaryl/α,β-unsaturated/α-hetero) is 1. The Hall–Kier alpha value is -3.32. The molecule has 0 amide bonds. The van der Waals surface area contributed by atoms with Gasteiger partial charge in [0.15, 0.2) is 18.7 Å². The molecule has 6 rings (SSSR count). The first-order chi connectivity index (χ1) is 29.6. The molecule has 4 saturated heterocycles. The maximum absolute atomic E-state index is 14.5. The number of amidine groups is 1. The zero-order valence-corrected chi connectivity index (χ0v) is 39.2. The molecule has 1 aromatic heterocycles. The number of para-hydroxylation sites is 1. The number of nitrogens with zero attached hydrogens (tertiary/aromatic N) is 3. The zero-order chi connectivity index (χ0) is 46.3. The monoisotopic (exact) mass is 885 g/mol. The molecule has 3 N–H and O–H groups in total. The first kappa shape index (κ1) is 49.1. The SMILES string of the molecule is CC[C@H]1OC(=O)[C@H](C)[C@@H](O[C@H]2C[C@@](C)(OC)[C@@H](O)[C@H](C)O2)[C@H](C)[C@@H](O[C@@H]2O[C@H](C)C[C@H]3[C@H]2OC(=Nc2ccnc4ccccc24)N3C)[C@](C)(OC)C[C@@H](C)C(=O)[C@H](C)[C@@H](O)[C@]1(C)O. The zero-order valence-electron chi connectivity index (χ0n) is 39.2. The van der Waals surface area contributed by atoms with Crippen LogP contribution in [-0.4, -0.2) is 149 Å². The van der Waals surface area contributed by atoms with Gasteiger partial charge in [0.2, 0.25) is 0 Å². The molecule has 16 nitrogen and oxygen atoms in total. The normalized spacial score (nSPS) is 43.9. The van der Waals surface area contributed by atoms with Crippen molar-refractivity contribution in [3.8, 4) is 0 Å². The van der Waals surface area contributed by atoms with Gasteiger partial charge in [-0.2, -0.15) is 4.99 Å². The number of aliphatic hydroxyl groups excluding tert-OH is 2. The second-order valence-corrected chi connectivity index (χ2v) is 19.1. The van der Waals surface area contributed by atoms with Crippen LogP contribution < -0.4 is 0 Å². The molecule has 2 aromatic rings. The van der Waals surface area contributed by atoms with Gasteiger partial charge in [-0.25, -0.2) is 0 Å². The number of esters is 1. The van der Waals surface area contributed by atoms with Gasteiger partial charge in [-0.3, -0.25) is 14.6 Å². The fourth-order valence-electron chi connectivity index (χ4n) is 10.3. The minimum atomic E-state index is -1.98. The van der Waals surface area contributed by atoms with Crippen LogP contribution in [-0.2, 0) is 47.5 Å². The van der Waals surface area contributed by atoms with E-state index in [1.165, 1.54) is 14.0 Å². The number of hydrogen-bond donors (Lipinski definition) is 3. The third-order valence-corrected chi connectivity index (χ3v) is 14.5. The summed E-state index contributed by atoms with van der Waals surface area (Å²) in [5.74, 6) is -4.50. The van der Waals surface area contributed by atoms with E-state index in [2.05, 4.69) is 4.98 Å². The second-order valence-electron chi connectivity index (χ2n) is 19.1. The van der Waals surface area contributed by atoms with Crippen LogP contribution in [0.4, 0.5) is 5.69 Å². The molecule has 0 radical (unpaired) electrons. The number of benzene rings is 1. The summed E-state index contributed by atoms with van der Waals surface area (Å²) in [6.45, 7) is 17.3. The summed E-state index contributed by atoms with van der Waals surface area (Å²) in [5, 5.41) is 35.3. The lowest BCUT2D eigenvalue weighted by Gasteiger charge is -2.49. The number of cyclic esters (lactones) is 1. The predicted molar refractivity (Wildman–Crippen MR) is 233 cm³/mol. The van der Waals surface area contributed by atoms with Crippen LogP contribution in [0.3, 0.4) is 0 Å². The van der Waals surface area contributed by atoms with Gasteiger partial charge in [0.1, 0.15) is 23.6 Å². The van der Waals surface area contributed by atoms with Gasteiger partial charge >= 0.3 is 5.97 Å². The molecule has 352 valence electrons. The lowest BCUT2D eigenvalue weighted by Crippen LogP contribution is -2.61. The van der Waals surface area contributed by atoms with Gasteiger partial charge in [0.25, 0.3) is 6.02 Å². The van der Waals surface area contributed by atoms with E-state index < -0.39 is 102 Å². The van der Waals surface area contributed by atoms with Gasteiger partial charge < -0.3 is 58.1 Å². The predicted octanol–water partition coefficient (Wildman–Crippen LogP) is 5.08. The molecule has 4 aliphatic heterocycles. The molecule has 0 bridgehead atoms. The lowest BCUT2D eigenvalue weighted by atomic mass is 9.74. The van der Waals surface area contributed by atoms with Crippen molar-refractivity contribution in [3.63, 3.8) is 0 Å². The van der Waals surface area contributed by atoms with Crippen molar-refractivity contribution >= 4 is 34.4 Å². The van der Waals surface area contributed by atoms with Crippen molar-refractivity contribution in [2.75, 3.05) is 21.3 Å². The van der Waals surface area contributed by atoms with Crippen molar-refractivity contribution < 1.29 is 62.8 Å². The van der Waals surface area contributed by atoms with Crippen LogP contribution in [0.25, 0.3) is 10.9 Å². The number of fused-ring (bicyclic) bond motifs is 2. The summed E-state index contributed by atoms with van der Waals surface area (Å²) in [5.41, 5.74) is -2.79. The summed E-state index contributed by atoms with van der Waals surface area (Å²) in [6, 6.07) is 9.78. The Morgan fingerprint density at radius 3 is 2.24 bits per heavy atom. The topological polar surface area (TPSA) is 197 Å². The molecule has 5 heterocycles. The van der Waals surface area contributed by atoms with Gasteiger partial charge in [0, 0.05) is 57.0 Å². The molecule has 18 atom stereocenters. The first-order valence-corrected chi connectivity index (χ1v) is 22.5. The fourth-order valence-corrected chi connectivity index (χ4v) is 10.3. The van der Waals surface area contributed by atoms with Gasteiger partial charge in [-0.1, -0.05) is 45.9 Å². The number of aliphatic imine (C=N–C) groups is 1. The number of methoxy groups -OCH3 is 2. The van der Waals surface area contributed by atoms with Crippen LogP contribution >= 0.6 is 0 Å². The van der Waals surface area contributed by atoms with E-state index in [4.69, 9.17) is 42.9 Å². The van der Waals surface area contributed by atoms with E-state index in [1.807, 2.05) is 63.1 Å². The lowest BCUT2D eigenvalue weighted by molar-refractivity contribution is -0.315. The maximum Gasteiger partial charge on any atom is 0.311 e. The number of ketones is 1. The summed E-state index contributed by atoms with van der Waals surface area (Å²) in [6.07, 6.45) is -6.54. The molecular formula is C47H71N3O13. The van der Waals surface area contributed by atoms with Crippen molar-refractivity contribution in [1.29, 1.82) is 0 Å². The molecule has 0 unspecified atom stereocenters. The molecule has 1 aromatic carbocycles. The van der Waals surface area contributed by atoms with E-state index in [0.717, 1.165) is 10.9 Å². The largest absolute Gasteiger partial charge is 0.459 e. The molecule has 0 aliphatic carbocycles. The Kier molecular flexibility index (Phi) is 15.0. The number of carbonyl (C=O) groups is 2. The highest BCUT2D eigenvalue weighted by Gasteiger charge is 2.56. The number of rotatable bonds is 8. The molecule has 4 fully saturated rings. The van der Waals surface area contributed by atoms with Crippen molar-refractivity contribution in [1.82, 2.24) is 9.88 Å². The summed E-state index contributed by atoms with van der Waals surface area (Å²) in [7, 11) is 4.99. The summed E-state index contributed by atoms with van der Waals surface area (Å²) in [4.78, 5) is 40.2. The highest BCUT2D eigenvalue weighted by molar-refractivity contribution is 5.92. The average molecular weight is 886 g/mol. The second kappa shape index (κ2) is 19.3. The van der Waals surface area contributed by atoms with Gasteiger partial charge in [-0.05, 0) is 72.9 Å². The first-order valence-electron chi connectivity index (χ1n) is 22.5. The van der Waals surface area contributed by atoms with E-state index >= 15 is 0 Å². The maximum atomic E-state index is 14.5. The van der Waals surface area contributed by atoms with Crippen LogP contribution in [0.5, 0.6) is 0 Å². The minimum absolute atomic E-state index is 0.114. The minimum Gasteiger partial charge on any atom is -0.459 e. The smallest absolute Gasteiger partial charge is 0.311 e. The van der Waals surface area contributed by atoms with Gasteiger partial charge in [0.05, 0.1) is 64.9 Å². The van der Waals surface area contributed by atoms with Crippen LogP contribution in [0.2, 0.25) is 0 Å². The number of ether oxygens (including phenoxy) is 8.